The van der Waals surface area contributed by atoms with E-state index in [0.717, 1.165) is 4.90 Å². The molecule has 1 aromatic carbocycles. The second-order valence-electron chi connectivity index (χ2n) is 5.34. The van der Waals surface area contributed by atoms with Crippen molar-refractivity contribution in [2.45, 2.75) is 37.3 Å². The Balaban J connectivity index is 2.56. The highest BCUT2D eigenvalue weighted by Crippen LogP contribution is 2.21. The van der Waals surface area contributed by atoms with Gasteiger partial charge in [-0.25, -0.2) is 9.59 Å². The summed E-state index contributed by atoms with van der Waals surface area (Å²) in [4.78, 5) is 23.5. The van der Waals surface area contributed by atoms with Gasteiger partial charge in [0.05, 0.1) is 0 Å². The van der Waals surface area contributed by atoms with Crippen molar-refractivity contribution in [3.63, 3.8) is 0 Å². The predicted molar refractivity (Wildman–Crippen MR) is 79.6 cm³/mol. The highest BCUT2D eigenvalue weighted by molar-refractivity contribution is 7.99. The van der Waals surface area contributed by atoms with Crippen molar-refractivity contribution in [1.29, 1.82) is 0 Å². The number of hydrogen-bond donors (Lipinski definition) is 3. The molecule has 3 N–H and O–H groups in total. The summed E-state index contributed by atoms with van der Waals surface area (Å²) in [5.41, 5.74) is -0.683. The summed E-state index contributed by atoms with van der Waals surface area (Å²) in [6.07, 6.45) is -0.763. The summed E-state index contributed by atoms with van der Waals surface area (Å²) in [6, 6.07) is 5.32. The third-order valence-corrected chi connectivity index (χ3v) is 3.35. The van der Waals surface area contributed by atoms with Crippen molar-refractivity contribution in [2.24, 2.45) is 0 Å². The Kier molecular flexibility index (Phi) is 5.90. The monoisotopic (exact) mass is 313 g/mol. The third kappa shape index (κ3) is 6.89. The molecule has 1 aromatic rings. The molecule has 21 heavy (non-hydrogen) atoms. The lowest BCUT2D eigenvalue weighted by Gasteiger charge is -2.21. The first-order valence-electron chi connectivity index (χ1n) is 6.31. The van der Waals surface area contributed by atoms with Gasteiger partial charge in [-0.3, -0.25) is 0 Å². The number of rotatable bonds is 5. The van der Waals surface area contributed by atoms with E-state index in [0.29, 0.717) is 0 Å². The van der Waals surface area contributed by atoms with Crippen molar-refractivity contribution >= 4 is 23.8 Å². The summed E-state index contributed by atoms with van der Waals surface area (Å²) < 4.78 is 5.03. The van der Waals surface area contributed by atoms with Crippen molar-refractivity contribution in [1.82, 2.24) is 5.32 Å². The summed E-state index contributed by atoms with van der Waals surface area (Å²) in [6.45, 7) is 5.11. The highest BCUT2D eigenvalue weighted by atomic mass is 32.2. The molecule has 6 nitrogen and oxygen atoms in total. The van der Waals surface area contributed by atoms with E-state index in [1.54, 1.807) is 32.9 Å². The second-order valence-corrected chi connectivity index (χ2v) is 6.44. The summed E-state index contributed by atoms with van der Waals surface area (Å²) in [5.74, 6) is -0.840. The molecule has 0 unspecified atom stereocenters. The number of alkyl carbamates (subject to hydrolysis) is 1. The minimum Gasteiger partial charge on any atom is -0.508 e. The van der Waals surface area contributed by atoms with Gasteiger partial charge in [0.25, 0.3) is 0 Å². The molecule has 0 aliphatic heterocycles. The molecule has 0 aromatic heterocycles. The van der Waals surface area contributed by atoms with E-state index < -0.39 is 23.7 Å². The zero-order valence-electron chi connectivity index (χ0n) is 12.1. The summed E-state index contributed by atoms with van der Waals surface area (Å²) >= 11 is 1.26. The van der Waals surface area contributed by atoms with Crippen LogP contribution in [0, 0.1) is 0 Å². The largest absolute Gasteiger partial charge is 0.508 e. The van der Waals surface area contributed by atoms with Crippen LogP contribution in [0.4, 0.5) is 4.79 Å². The molecule has 0 bridgehead atoms. The van der Waals surface area contributed by atoms with E-state index >= 15 is 0 Å². The number of nitrogens with one attached hydrogen (secondary N) is 1. The lowest BCUT2D eigenvalue weighted by atomic mass is 10.2. The number of aromatic hydroxyl groups is 1. The number of carbonyl (C=O) groups is 2. The average molecular weight is 313 g/mol. The van der Waals surface area contributed by atoms with E-state index in [2.05, 4.69) is 5.32 Å². The average Bonchev–Trinajstić information content (AvgIpc) is 2.33. The minimum absolute atomic E-state index is 0.140. The van der Waals surface area contributed by atoms with Gasteiger partial charge >= 0.3 is 12.1 Å². The molecule has 1 amide bonds. The second kappa shape index (κ2) is 7.21. The number of thioether (sulfide) groups is 1. The zero-order chi connectivity index (χ0) is 16.0. The standard InChI is InChI=1S/C14H19NO5S/c1-14(2,3)20-13(19)15-11(12(17)18)8-21-10-6-4-9(16)5-7-10/h4-7,11,16H,8H2,1-3H3,(H,15,19)(H,17,18)/t11-/m0/s1. The molecular formula is C14H19NO5S. The molecule has 0 saturated heterocycles. The molecule has 7 heteroatoms. The SMILES string of the molecule is CC(C)(C)OC(=O)N[C@@H](CSc1ccc(O)cc1)C(=O)O. The van der Waals surface area contributed by atoms with Gasteiger partial charge < -0.3 is 20.3 Å². The lowest BCUT2D eigenvalue weighted by Crippen LogP contribution is -2.44. The predicted octanol–water partition coefficient (Wildman–Crippen LogP) is 2.46. The molecule has 0 spiro atoms. The van der Waals surface area contributed by atoms with Crippen LogP contribution in [-0.2, 0) is 9.53 Å². The summed E-state index contributed by atoms with van der Waals surface area (Å²) in [7, 11) is 0. The number of carbonyl (C=O) groups excluding carboxylic acids is 1. The smallest absolute Gasteiger partial charge is 0.408 e. The Labute approximate surface area is 127 Å². The normalized spacial score (nSPS) is 12.5. The van der Waals surface area contributed by atoms with Crippen molar-refractivity contribution in [3.8, 4) is 5.75 Å². The van der Waals surface area contributed by atoms with E-state index in [1.807, 2.05) is 0 Å². The van der Waals surface area contributed by atoms with E-state index in [-0.39, 0.29) is 11.5 Å². The van der Waals surface area contributed by atoms with E-state index in [4.69, 9.17) is 9.84 Å². The maximum Gasteiger partial charge on any atom is 0.408 e. The molecule has 1 rings (SSSR count). The first kappa shape index (κ1) is 17.2. The number of amides is 1. The number of aliphatic carboxylic acids is 1. The quantitative estimate of drug-likeness (QED) is 0.723. The lowest BCUT2D eigenvalue weighted by molar-refractivity contribution is -0.138. The van der Waals surface area contributed by atoms with E-state index in [9.17, 15) is 14.7 Å². The molecule has 0 fully saturated rings. The fraction of sp³-hybridized carbons (Fsp3) is 0.429. The Hall–Kier alpha value is -1.89. The first-order chi connectivity index (χ1) is 9.67. The molecule has 0 heterocycles. The number of hydrogen-bond acceptors (Lipinski definition) is 5. The van der Waals surface area contributed by atoms with Gasteiger partial charge in [0.1, 0.15) is 17.4 Å². The molecular weight excluding hydrogens is 294 g/mol. The van der Waals surface area contributed by atoms with Crippen molar-refractivity contribution in [3.05, 3.63) is 24.3 Å². The maximum absolute atomic E-state index is 11.6. The Morgan fingerprint density at radius 3 is 2.33 bits per heavy atom. The fourth-order valence-corrected chi connectivity index (χ4v) is 2.26. The van der Waals surface area contributed by atoms with Gasteiger partial charge in [0, 0.05) is 10.6 Å². The van der Waals surface area contributed by atoms with E-state index in [1.165, 1.54) is 23.9 Å². The Bertz CT molecular complexity index is 495. The topological polar surface area (TPSA) is 95.9 Å². The number of carboxylic acids is 1. The van der Waals surface area contributed by atoms with Gasteiger partial charge in [0.2, 0.25) is 0 Å². The van der Waals surface area contributed by atoms with Gasteiger partial charge in [-0.15, -0.1) is 11.8 Å². The number of phenols is 1. The van der Waals surface area contributed by atoms with Crippen LogP contribution in [0.15, 0.2) is 29.2 Å². The van der Waals surface area contributed by atoms with Crippen LogP contribution in [0.3, 0.4) is 0 Å². The van der Waals surface area contributed by atoms with Crippen LogP contribution in [0.5, 0.6) is 5.75 Å². The van der Waals surface area contributed by atoms with Crippen LogP contribution in [0.2, 0.25) is 0 Å². The van der Waals surface area contributed by atoms with Crippen LogP contribution in [0.1, 0.15) is 20.8 Å². The molecule has 1 atom stereocenters. The van der Waals surface area contributed by atoms with Gasteiger partial charge in [-0.05, 0) is 45.0 Å². The van der Waals surface area contributed by atoms with Crippen LogP contribution in [0.25, 0.3) is 0 Å². The Morgan fingerprint density at radius 1 is 1.29 bits per heavy atom. The third-order valence-electron chi connectivity index (χ3n) is 2.24. The molecule has 0 saturated carbocycles. The zero-order valence-corrected chi connectivity index (χ0v) is 12.9. The fourth-order valence-electron chi connectivity index (χ4n) is 1.35. The maximum atomic E-state index is 11.6. The van der Waals surface area contributed by atoms with Crippen LogP contribution < -0.4 is 5.32 Å². The number of benzene rings is 1. The first-order valence-corrected chi connectivity index (χ1v) is 7.30. The number of carboxylic acid groups (broad SMARTS) is 1. The molecule has 0 aliphatic rings. The summed E-state index contributed by atoms with van der Waals surface area (Å²) in [5, 5.41) is 20.6. The van der Waals surface area contributed by atoms with Crippen LogP contribution in [-0.4, -0.2) is 39.7 Å². The minimum atomic E-state index is -1.13. The van der Waals surface area contributed by atoms with Gasteiger partial charge in [-0.1, -0.05) is 0 Å². The van der Waals surface area contributed by atoms with Crippen molar-refractivity contribution < 1.29 is 24.5 Å². The van der Waals surface area contributed by atoms with Crippen LogP contribution >= 0.6 is 11.8 Å². The molecule has 0 aliphatic carbocycles. The number of phenolic OH excluding ortho intramolecular Hbond substituents is 1. The van der Waals surface area contributed by atoms with Gasteiger partial charge in [-0.2, -0.15) is 0 Å². The Morgan fingerprint density at radius 2 is 1.86 bits per heavy atom. The molecule has 116 valence electrons. The highest BCUT2D eigenvalue weighted by Gasteiger charge is 2.24. The van der Waals surface area contributed by atoms with Crippen molar-refractivity contribution in [2.75, 3.05) is 5.75 Å². The number of ether oxygens (including phenoxy) is 1. The molecule has 0 radical (unpaired) electrons. The van der Waals surface area contributed by atoms with Gasteiger partial charge in [0.15, 0.2) is 0 Å².